The van der Waals surface area contributed by atoms with Crippen LogP contribution in [0.5, 0.6) is 0 Å². The van der Waals surface area contributed by atoms with Gasteiger partial charge in [0.15, 0.2) is 0 Å². The molecular formula is C14H13NO4. The van der Waals surface area contributed by atoms with Crippen molar-refractivity contribution in [1.82, 2.24) is 4.98 Å². The Morgan fingerprint density at radius 2 is 1.79 bits per heavy atom. The van der Waals surface area contributed by atoms with Crippen molar-refractivity contribution < 1.29 is 19.8 Å². The molecule has 0 saturated carbocycles. The summed E-state index contributed by atoms with van der Waals surface area (Å²) in [4.78, 5) is 24.5. The van der Waals surface area contributed by atoms with Gasteiger partial charge in [0, 0.05) is 18.2 Å². The van der Waals surface area contributed by atoms with Crippen LogP contribution < -0.4 is 0 Å². The van der Waals surface area contributed by atoms with Gasteiger partial charge in [0.05, 0.1) is 0 Å². The van der Waals surface area contributed by atoms with Gasteiger partial charge in [0.1, 0.15) is 5.69 Å². The number of carbonyl (C=O) groups is 2. The van der Waals surface area contributed by atoms with E-state index in [1.165, 1.54) is 0 Å². The third-order valence-corrected chi connectivity index (χ3v) is 2.88. The van der Waals surface area contributed by atoms with Gasteiger partial charge in [-0.05, 0) is 17.5 Å². The van der Waals surface area contributed by atoms with Gasteiger partial charge in [-0.2, -0.15) is 0 Å². The maximum Gasteiger partial charge on any atom is 0.352 e. The zero-order valence-electron chi connectivity index (χ0n) is 10.1. The van der Waals surface area contributed by atoms with Crippen LogP contribution in [0.2, 0.25) is 0 Å². The Balaban J connectivity index is 2.43. The first kappa shape index (κ1) is 12.9. The summed E-state index contributed by atoms with van der Waals surface area (Å²) in [6.07, 6.45) is 1.69. The number of carboxylic acids is 2. The van der Waals surface area contributed by atoms with E-state index in [9.17, 15) is 9.59 Å². The monoisotopic (exact) mass is 259 g/mol. The Morgan fingerprint density at radius 1 is 1.11 bits per heavy atom. The number of rotatable bonds is 5. The van der Waals surface area contributed by atoms with Crippen LogP contribution in [0.25, 0.3) is 11.1 Å². The van der Waals surface area contributed by atoms with Crippen LogP contribution in [0.1, 0.15) is 22.5 Å². The maximum absolute atomic E-state index is 11.1. The van der Waals surface area contributed by atoms with Crippen molar-refractivity contribution in [3.8, 4) is 11.1 Å². The molecule has 0 spiro atoms. The predicted octanol–water partition coefficient (Wildman–Crippen LogP) is 2.40. The molecule has 0 atom stereocenters. The number of nitrogens with one attached hydrogen (secondary N) is 1. The average Bonchev–Trinajstić information content (AvgIpc) is 2.81. The molecule has 2 rings (SSSR count). The summed E-state index contributed by atoms with van der Waals surface area (Å²) in [6.45, 7) is 0. The van der Waals surface area contributed by atoms with Crippen LogP contribution in [-0.4, -0.2) is 27.1 Å². The molecule has 0 fully saturated rings. The molecule has 1 aromatic heterocycles. The van der Waals surface area contributed by atoms with E-state index in [-0.39, 0.29) is 18.5 Å². The highest BCUT2D eigenvalue weighted by Crippen LogP contribution is 2.27. The Labute approximate surface area is 109 Å². The second-order valence-electron chi connectivity index (χ2n) is 4.12. The summed E-state index contributed by atoms with van der Waals surface area (Å²) >= 11 is 0. The van der Waals surface area contributed by atoms with E-state index in [1.54, 1.807) is 6.20 Å². The third-order valence-electron chi connectivity index (χ3n) is 2.88. The van der Waals surface area contributed by atoms with Crippen molar-refractivity contribution in [3.05, 3.63) is 47.8 Å². The quantitative estimate of drug-likeness (QED) is 0.769. The van der Waals surface area contributed by atoms with Crippen LogP contribution in [0.4, 0.5) is 0 Å². The second-order valence-corrected chi connectivity index (χ2v) is 4.12. The molecule has 0 aliphatic rings. The highest BCUT2D eigenvalue weighted by molar-refractivity contribution is 5.91. The average molecular weight is 259 g/mol. The number of hydrogen-bond acceptors (Lipinski definition) is 2. The van der Waals surface area contributed by atoms with E-state index in [2.05, 4.69) is 4.98 Å². The number of aromatic nitrogens is 1. The predicted molar refractivity (Wildman–Crippen MR) is 69.1 cm³/mol. The summed E-state index contributed by atoms with van der Waals surface area (Å²) in [7, 11) is 0. The molecule has 98 valence electrons. The minimum Gasteiger partial charge on any atom is -0.481 e. The fourth-order valence-corrected chi connectivity index (χ4v) is 2.01. The first-order chi connectivity index (χ1) is 9.09. The molecule has 0 aliphatic heterocycles. The first-order valence-corrected chi connectivity index (χ1v) is 5.80. The van der Waals surface area contributed by atoms with Gasteiger partial charge in [0.25, 0.3) is 0 Å². The molecule has 0 unspecified atom stereocenters. The molecule has 2 aromatic rings. The van der Waals surface area contributed by atoms with Gasteiger partial charge in [-0.3, -0.25) is 4.79 Å². The van der Waals surface area contributed by atoms with Crippen LogP contribution in [-0.2, 0) is 11.2 Å². The fourth-order valence-electron chi connectivity index (χ4n) is 2.01. The highest BCUT2D eigenvalue weighted by atomic mass is 16.4. The SMILES string of the molecule is O=C(O)CCc1c(-c2ccccc2)c[nH]c1C(=O)O. The fraction of sp³-hybridized carbons (Fsp3) is 0.143. The van der Waals surface area contributed by atoms with Crippen LogP contribution >= 0.6 is 0 Å². The molecule has 0 aliphatic carbocycles. The number of hydrogen-bond donors (Lipinski definition) is 3. The van der Waals surface area contributed by atoms with Gasteiger partial charge in [-0.1, -0.05) is 30.3 Å². The van der Waals surface area contributed by atoms with Gasteiger partial charge >= 0.3 is 11.9 Å². The lowest BCUT2D eigenvalue weighted by Gasteiger charge is -2.04. The molecule has 1 heterocycles. The number of carboxylic acid groups (broad SMARTS) is 2. The van der Waals surface area contributed by atoms with E-state index >= 15 is 0 Å². The minimum atomic E-state index is -1.08. The maximum atomic E-state index is 11.1. The summed E-state index contributed by atoms with van der Waals surface area (Å²) in [5.41, 5.74) is 2.19. The molecule has 5 heteroatoms. The largest absolute Gasteiger partial charge is 0.481 e. The van der Waals surface area contributed by atoms with Gasteiger partial charge < -0.3 is 15.2 Å². The Morgan fingerprint density at radius 3 is 2.37 bits per heavy atom. The molecule has 0 amide bonds. The topological polar surface area (TPSA) is 90.4 Å². The zero-order chi connectivity index (χ0) is 13.8. The zero-order valence-corrected chi connectivity index (χ0v) is 10.1. The van der Waals surface area contributed by atoms with E-state index in [1.807, 2.05) is 30.3 Å². The number of aliphatic carboxylic acids is 1. The summed E-state index contributed by atoms with van der Waals surface area (Å²) in [5, 5.41) is 17.9. The van der Waals surface area contributed by atoms with Gasteiger partial charge in [-0.15, -0.1) is 0 Å². The van der Waals surface area contributed by atoms with Crippen LogP contribution in [0.15, 0.2) is 36.5 Å². The molecule has 0 saturated heterocycles. The smallest absolute Gasteiger partial charge is 0.352 e. The third kappa shape index (κ3) is 2.82. The van der Waals surface area contributed by atoms with E-state index in [4.69, 9.17) is 10.2 Å². The van der Waals surface area contributed by atoms with Gasteiger partial charge in [0.2, 0.25) is 0 Å². The molecular weight excluding hydrogens is 246 g/mol. The van der Waals surface area contributed by atoms with Crippen molar-refractivity contribution >= 4 is 11.9 Å². The minimum absolute atomic E-state index is 0.0557. The molecule has 0 bridgehead atoms. The standard InChI is InChI=1S/C14H13NO4/c16-12(17)7-6-10-11(8-15-13(10)14(18)19)9-4-2-1-3-5-9/h1-5,8,15H,6-7H2,(H,16,17)(H,18,19). The number of H-pyrrole nitrogens is 1. The van der Waals surface area contributed by atoms with Crippen molar-refractivity contribution in [3.63, 3.8) is 0 Å². The molecule has 3 N–H and O–H groups in total. The lowest BCUT2D eigenvalue weighted by atomic mass is 9.99. The van der Waals surface area contributed by atoms with Crippen LogP contribution in [0.3, 0.4) is 0 Å². The summed E-state index contributed by atoms with van der Waals surface area (Å²) < 4.78 is 0. The lowest BCUT2D eigenvalue weighted by Crippen LogP contribution is -2.04. The second kappa shape index (κ2) is 5.39. The van der Waals surface area contributed by atoms with E-state index in [0.717, 1.165) is 11.1 Å². The Bertz CT molecular complexity index is 601. The summed E-state index contributed by atoms with van der Waals surface area (Å²) in [6, 6.07) is 9.29. The van der Waals surface area contributed by atoms with Gasteiger partial charge in [-0.25, -0.2) is 4.79 Å². The molecule has 1 aromatic carbocycles. The van der Waals surface area contributed by atoms with E-state index in [0.29, 0.717) is 5.56 Å². The molecule has 19 heavy (non-hydrogen) atoms. The molecule has 0 radical (unpaired) electrons. The normalized spacial score (nSPS) is 10.3. The van der Waals surface area contributed by atoms with Crippen molar-refractivity contribution in [2.24, 2.45) is 0 Å². The molecule has 5 nitrogen and oxygen atoms in total. The van der Waals surface area contributed by atoms with Crippen molar-refractivity contribution in [2.45, 2.75) is 12.8 Å². The number of benzene rings is 1. The van der Waals surface area contributed by atoms with Crippen molar-refractivity contribution in [1.29, 1.82) is 0 Å². The highest BCUT2D eigenvalue weighted by Gasteiger charge is 2.18. The van der Waals surface area contributed by atoms with Crippen molar-refractivity contribution in [2.75, 3.05) is 0 Å². The first-order valence-electron chi connectivity index (χ1n) is 5.80. The lowest BCUT2D eigenvalue weighted by molar-refractivity contribution is -0.136. The summed E-state index contributed by atoms with van der Waals surface area (Å²) in [5.74, 6) is -2.03. The Hall–Kier alpha value is -2.56. The number of aromatic amines is 1. The Kier molecular flexibility index (Phi) is 3.66. The van der Waals surface area contributed by atoms with Crippen LogP contribution in [0, 0.1) is 0 Å². The number of aromatic carboxylic acids is 1. The van der Waals surface area contributed by atoms with E-state index < -0.39 is 11.9 Å².